The zero-order valence-electron chi connectivity index (χ0n) is 10.3. The van der Waals surface area contributed by atoms with Gasteiger partial charge in [-0.25, -0.2) is 4.98 Å². The van der Waals surface area contributed by atoms with Crippen molar-refractivity contribution >= 4 is 11.0 Å². The van der Waals surface area contributed by atoms with Crippen LogP contribution in [0, 0.1) is 0 Å². The van der Waals surface area contributed by atoms with Gasteiger partial charge in [0.25, 0.3) is 0 Å². The minimum atomic E-state index is 0.283. The van der Waals surface area contributed by atoms with Gasteiger partial charge < -0.3 is 14.0 Å². The van der Waals surface area contributed by atoms with E-state index in [1.165, 1.54) is 0 Å². The Labute approximate surface area is 109 Å². The Morgan fingerprint density at radius 1 is 1.16 bits per heavy atom. The number of aromatic nitrogens is 3. The quantitative estimate of drug-likeness (QED) is 0.668. The van der Waals surface area contributed by atoms with E-state index in [0.717, 1.165) is 33.9 Å². The van der Waals surface area contributed by atoms with E-state index in [4.69, 9.17) is 9.47 Å². The van der Waals surface area contributed by atoms with Crippen molar-refractivity contribution in [2.75, 3.05) is 6.79 Å². The summed E-state index contributed by atoms with van der Waals surface area (Å²) >= 11 is 0. The van der Waals surface area contributed by atoms with Crippen LogP contribution in [0.4, 0.5) is 0 Å². The van der Waals surface area contributed by atoms with Crippen LogP contribution in [0.15, 0.2) is 36.7 Å². The van der Waals surface area contributed by atoms with Crippen LogP contribution in [0.5, 0.6) is 11.5 Å². The molecule has 1 aromatic carbocycles. The molecule has 0 saturated heterocycles. The summed E-state index contributed by atoms with van der Waals surface area (Å²) in [5.74, 6) is 2.44. The maximum Gasteiger partial charge on any atom is 0.231 e. The molecule has 5 nitrogen and oxygen atoms in total. The largest absolute Gasteiger partial charge is 0.454 e. The lowest BCUT2D eigenvalue weighted by Gasteiger charge is -2.03. The van der Waals surface area contributed by atoms with Crippen molar-refractivity contribution in [1.82, 2.24) is 14.5 Å². The van der Waals surface area contributed by atoms with Crippen molar-refractivity contribution in [1.29, 1.82) is 0 Å². The summed E-state index contributed by atoms with van der Waals surface area (Å²) in [6, 6.07) is 7.81. The maximum atomic E-state index is 5.40. The molecule has 0 aliphatic carbocycles. The predicted molar refractivity (Wildman–Crippen MR) is 70.1 cm³/mol. The van der Waals surface area contributed by atoms with Gasteiger partial charge >= 0.3 is 0 Å². The van der Waals surface area contributed by atoms with Crippen LogP contribution in [-0.2, 0) is 7.05 Å². The van der Waals surface area contributed by atoms with E-state index >= 15 is 0 Å². The number of benzene rings is 1. The van der Waals surface area contributed by atoms with Crippen molar-refractivity contribution in [3.8, 4) is 22.9 Å². The second kappa shape index (κ2) is 3.71. The molecule has 1 aliphatic rings. The summed E-state index contributed by atoms with van der Waals surface area (Å²) in [6.45, 7) is 0.283. The number of nitrogens with zero attached hydrogens (tertiary/aromatic N) is 3. The summed E-state index contributed by atoms with van der Waals surface area (Å²) in [5, 5.41) is 0. The zero-order valence-corrected chi connectivity index (χ0v) is 10.3. The first-order chi connectivity index (χ1) is 9.33. The number of hydrogen-bond donors (Lipinski definition) is 0. The standard InChI is InChI=1S/C14H11N3O2/c1-17-11-4-5-15-7-10(11)16-14(17)9-2-3-12-13(6-9)19-8-18-12/h2-7H,8H2,1H3. The van der Waals surface area contributed by atoms with Gasteiger partial charge in [-0.1, -0.05) is 0 Å². The summed E-state index contributed by atoms with van der Waals surface area (Å²) in [7, 11) is 2.00. The smallest absolute Gasteiger partial charge is 0.231 e. The number of rotatable bonds is 1. The third-order valence-electron chi connectivity index (χ3n) is 3.31. The van der Waals surface area contributed by atoms with Crippen molar-refractivity contribution in [2.45, 2.75) is 0 Å². The Kier molecular flexibility index (Phi) is 2.03. The number of fused-ring (bicyclic) bond motifs is 2. The number of aryl methyl sites for hydroxylation is 1. The minimum absolute atomic E-state index is 0.283. The van der Waals surface area contributed by atoms with Crippen LogP contribution in [0.1, 0.15) is 0 Å². The Hall–Kier alpha value is -2.56. The van der Waals surface area contributed by atoms with Crippen LogP contribution in [0.2, 0.25) is 0 Å². The first kappa shape index (κ1) is 10.4. The highest BCUT2D eigenvalue weighted by atomic mass is 16.7. The lowest BCUT2D eigenvalue weighted by atomic mass is 10.2. The fourth-order valence-electron chi connectivity index (χ4n) is 2.35. The third kappa shape index (κ3) is 1.48. The molecular weight excluding hydrogens is 242 g/mol. The molecule has 0 spiro atoms. The van der Waals surface area contributed by atoms with E-state index in [-0.39, 0.29) is 6.79 Å². The van der Waals surface area contributed by atoms with Crippen molar-refractivity contribution in [3.63, 3.8) is 0 Å². The molecular formula is C14H11N3O2. The first-order valence-electron chi connectivity index (χ1n) is 5.99. The lowest BCUT2D eigenvalue weighted by molar-refractivity contribution is 0.174. The van der Waals surface area contributed by atoms with E-state index in [1.807, 2.05) is 31.3 Å². The highest BCUT2D eigenvalue weighted by Gasteiger charge is 2.16. The predicted octanol–water partition coefficient (Wildman–Crippen LogP) is 2.36. The maximum absolute atomic E-state index is 5.40. The van der Waals surface area contributed by atoms with Crippen LogP contribution in [-0.4, -0.2) is 21.3 Å². The molecule has 94 valence electrons. The topological polar surface area (TPSA) is 49.2 Å². The minimum Gasteiger partial charge on any atom is -0.454 e. The number of ether oxygens (including phenoxy) is 2. The third-order valence-corrected chi connectivity index (χ3v) is 3.31. The van der Waals surface area contributed by atoms with Crippen molar-refractivity contribution in [3.05, 3.63) is 36.7 Å². The van der Waals surface area contributed by atoms with E-state index in [9.17, 15) is 0 Å². The van der Waals surface area contributed by atoms with Gasteiger partial charge in [-0.05, 0) is 24.3 Å². The summed E-state index contributed by atoms with van der Waals surface area (Å²) < 4.78 is 12.8. The lowest BCUT2D eigenvalue weighted by Crippen LogP contribution is -1.93. The molecule has 0 fully saturated rings. The molecule has 5 heteroatoms. The Balaban J connectivity index is 1.92. The highest BCUT2D eigenvalue weighted by Crippen LogP contribution is 2.36. The van der Waals surface area contributed by atoms with E-state index < -0.39 is 0 Å². The van der Waals surface area contributed by atoms with Gasteiger partial charge in [0.2, 0.25) is 6.79 Å². The van der Waals surface area contributed by atoms with E-state index in [0.29, 0.717) is 0 Å². The first-order valence-corrected chi connectivity index (χ1v) is 5.99. The van der Waals surface area contributed by atoms with Crippen LogP contribution >= 0.6 is 0 Å². The van der Waals surface area contributed by atoms with Gasteiger partial charge in [-0.2, -0.15) is 0 Å². The molecule has 0 atom stereocenters. The molecule has 0 saturated carbocycles. The van der Waals surface area contributed by atoms with Crippen LogP contribution in [0.3, 0.4) is 0 Å². The second-order valence-electron chi connectivity index (χ2n) is 4.43. The molecule has 0 amide bonds. The SMILES string of the molecule is Cn1c(-c2ccc3c(c2)OCO3)nc2cnccc21. The van der Waals surface area contributed by atoms with E-state index in [1.54, 1.807) is 12.4 Å². The Morgan fingerprint density at radius 3 is 2.95 bits per heavy atom. The summed E-state index contributed by atoms with van der Waals surface area (Å²) in [5.41, 5.74) is 2.95. The fourth-order valence-corrected chi connectivity index (χ4v) is 2.35. The zero-order chi connectivity index (χ0) is 12.8. The molecule has 0 unspecified atom stereocenters. The Morgan fingerprint density at radius 2 is 2.05 bits per heavy atom. The van der Waals surface area contributed by atoms with Crippen molar-refractivity contribution < 1.29 is 9.47 Å². The van der Waals surface area contributed by atoms with Crippen LogP contribution in [0.25, 0.3) is 22.4 Å². The molecule has 3 heterocycles. The summed E-state index contributed by atoms with van der Waals surface area (Å²) in [4.78, 5) is 8.71. The molecule has 0 bridgehead atoms. The van der Waals surface area contributed by atoms with E-state index in [2.05, 4.69) is 14.5 Å². The van der Waals surface area contributed by atoms with Gasteiger partial charge in [0.15, 0.2) is 11.5 Å². The fraction of sp³-hybridized carbons (Fsp3) is 0.143. The van der Waals surface area contributed by atoms with Crippen molar-refractivity contribution in [2.24, 2.45) is 7.05 Å². The second-order valence-corrected chi connectivity index (χ2v) is 4.43. The number of hydrogen-bond acceptors (Lipinski definition) is 4. The highest BCUT2D eigenvalue weighted by molar-refractivity contribution is 5.80. The number of pyridine rings is 1. The summed E-state index contributed by atoms with van der Waals surface area (Å²) in [6.07, 6.45) is 3.54. The Bertz CT molecular complexity index is 779. The molecule has 0 N–H and O–H groups in total. The molecule has 1 aliphatic heterocycles. The van der Waals surface area contributed by atoms with Gasteiger partial charge in [0, 0.05) is 18.8 Å². The molecule has 4 rings (SSSR count). The van der Waals surface area contributed by atoms with Gasteiger partial charge in [-0.15, -0.1) is 0 Å². The molecule has 19 heavy (non-hydrogen) atoms. The monoisotopic (exact) mass is 253 g/mol. The molecule has 3 aromatic rings. The average Bonchev–Trinajstić information content (AvgIpc) is 3.03. The van der Waals surface area contributed by atoms with Crippen LogP contribution < -0.4 is 9.47 Å². The number of imidazole rings is 1. The normalized spacial score (nSPS) is 13.1. The average molecular weight is 253 g/mol. The molecule has 0 radical (unpaired) electrons. The van der Waals surface area contributed by atoms with Gasteiger partial charge in [0.05, 0.1) is 11.7 Å². The van der Waals surface area contributed by atoms with Gasteiger partial charge in [-0.3, -0.25) is 4.98 Å². The van der Waals surface area contributed by atoms with Gasteiger partial charge in [0.1, 0.15) is 11.3 Å². The molecule has 2 aromatic heterocycles.